The Morgan fingerprint density at radius 2 is 1.55 bits per heavy atom. The largest absolute Gasteiger partial charge is 0.478 e. The van der Waals surface area contributed by atoms with Gasteiger partial charge in [0.05, 0.1) is 12.1 Å². The number of benzene rings is 2. The van der Waals surface area contributed by atoms with E-state index in [-0.39, 0.29) is 16.5 Å². The van der Waals surface area contributed by atoms with Gasteiger partial charge in [-0.1, -0.05) is 69.3 Å². The minimum atomic E-state index is -0.960. The maximum Gasteiger partial charge on any atom is 0.335 e. The maximum atomic E-state index is 12.4. The first-order valence-corrected chi connectivity index (χ1v) is 9.54. The van der Waals surface area contributed by atoms with Crippen LogP contribution in [-0.4, -0.2) is 15.6 Å². The Labute approximate surface area is 170 Å². The van der Waals surface area contributed by atoms with Gasteiger partial charge in [-0.3, -0.25) is 4.79 Å². The van der Waals surface area contributed by atoms with E-state index in [1.165, 1.54) is 5.56 Å². The monoisotopic (exact) mass is 387 g/mol. The second kappa shape index (κ2) is 8.31. The lowest BCUT2D eigenvalue weighted by molar-refractivity contribution is 0.0697. The fourth-order valence-electron chi connectivity index (χ4n) is 2.99. The van der Waals surface area contributed by atoms with Gasteiger partial charge in [-0.05, 0) is 45.9 Å². The molecule has 0 bridgehead atoms. The first-order valence-electron chi connectivity index (χ1n) is 9.54. The molecule has 0 saturated heterocycles. The molecule has 0 spiro atoms. The summed E-state index contributed by atoms with van der Waals surface area (Å²) in [6.45, 7) is 6.96. The Hall–Kier alpha value is -3.40. The van der Waals surface area contributed by atoms with Gasteiger partial charge in [-0.25, -0.2) is 4.79 Å². The molecular formula is C25H25NO3. The van der Waals surface area contributed by atoms with E-state index in [4.69, 9.17) is 5.11 Å². The predicted octanol–water partition coefficient (Wildman–Crippen LogP) is 5.06. The van der Waals surface area contributed by atoms with Gasteiger partial charge in [0.1, 0.15) is 0 Å². The molecule has 0 atom stereocenters. The molecule has 2 aromatic carbocycles. The number of carboxylic acids is 1. The molecule has 0 aliphatic heterocycles. The second-order valence-electron chi connectivity index (χ2n) is 8.13. The number of carbonyl (C=O) groups is 1. The highest BCUT2D eigenvalue weighted by Crippen LogP contribution is 2.22. The average Bonchev–Trinajstić information content (AvgIpc) is 2.68. The van der Waals surface area contributed by atoms with Crippen molar-refractivity contribution in [2.24, 2.45) is 0 Å². The Kier molecular flexibility index (Phi) is 5.83. The zero-order valence-electron chi connectivity index (χ0n) is 16.9. The molecule has 3 rings (SSSR count). The minimum absolute atomic E-state index is 0.0995. The van der Waals surface area contributed by atoms with E-state index in [1.54, 1.807) is 41.1 Å². The molecule has 0 aliphatic rings. The Bertz CT molecular complexity index is 1080. The molecule has 0 saturated carbocycles. The topological polar surface area (TPSA) is 59.3 Å². The second-order valence-corrected chi connectivity index (χ2v) is 8.13. The van der Waals surface area contributed by atoms with Crippen LogP contribution in [0.2, 0.25) is 0 Å². The molecule has 0 amide bonds. The van der Waals surface area contributed by atoms with E-state index in [2.05, 4.69) is 45.0 Å². The quantitative estimate of drug-likeness (QED) is 0.665. The lowest BCUT2D eigenvalue weighted by atomic mass is 9.87. The van der Waals surface area contributed by atoms with Gasteiger partial charge in [0.15, 0.2) is 0 Å². The smallest absolute Gasteiger partial charge is 0.335 e. The van der Waals surface area contributed by atoms with Crippen molar-refractivity contribution >= 4 is 18.1 Å². The van der Waals surface area contributed by atoms with Crippen LogP contribution in [0, 0.1) is 0 Å². The third kappa shape index (κ3) is 5.32. The summed E-state index contributed by atoms with van der Waals surface area (Å²) in [4.78, 5) is 23.3. The first kappa shape index (κ1) is 20.3. The van der Waals surface area contributed by atoms with Gasteiger partial charge in [0, 0.05) is 12.3 Å². The Morgan fingerprint density at radius 3 is 2.10 bits per heavy atom. The van der Waals surface area contributed by atoms with Crippen molar-refractivity contribution in [1.29, 1.82) is 0 Å². The van der Waals surface area contributed by atoms with Crippen molar-refractivity contribution in [3.8, 4) is 0 Å². The third-order valence-electron chi connectivity index (χ3n) is 4.82. The van der Waals surface area contributed by atoms with Crippen molar-refractivity contribution in [3.05, 3.63) is 105 Å². The average molecular weight is 387 g/mol. The summed E-state index contributed by atoms with van der Waals surface area (Å²) in [6, 6.07) is 18.5. The molecule has 3 aromatic rings. The van der Waals surface area contributed by atoms with Crippen molar-refractivity contribution in [3.63, 3.8) is 0 Å². The first-order chi connectivity index (χ1) is 13.7. The van der Waals surface area contributed by atoms with Crippen LogP contribution in [0.1, 0.15) is 53.4 Å². The van der Waals surface area contributed by atoms with Gasteiger partial charge in [-0.2, -0.15) is 0 Å². The number of rotatable bonds is 5. The van der Waals surface area contributed by atoms with E-state index < -0.39 is 5.97 Å². The SMILES string of the molecule is CC(C)(C)c1ccc(/C=C/c2ccn(Cc3ccc(C(=O)O)cc3)c(=O)c2)cc1. The third-order valence-corrected chi connectivity index (χ3v) is 4.82. The normalized spacial score (nSPS) is 11.7. The van der Waals surface area contributed by atoms with Crippen molar-refractivity contribution in [2.45, 2.75) is 32.7 Å². The number of aromatic nitrogens is 1. The summed E-state index contributed by atoms with van der Waals surface area (Å²) < 4.78 is 1.60. The van der Waals surface area contributed by atoms with Gasteiger partial charge >= 0.3 is 5.97 Å². The minimum Gasteiger partial charge on any atom is -0.478 e. The van der Waals surface area contributed by atoms with Crippen LogP contribution in [0.15, 0.2) is 71.7 Å². The molecule has 4 nitrogen and oxygen atoms in total. The van der Waals surface area contributed by atoms with Crippen molar-refractivity contribution in [1.82, 2.24) is 4.57 Å². The highest BCUT2D eigenvalue weighted by Gasteiger charge is 2.12. The van der Waals surface area contributed by atoms with Crippen LogP contribution >= 0.6 is 0 Å². The molecule has 29 heavy (non-hydrogen) atoms. The molecule has 0 unspecified atom stereocenters. The van der Waals surface area contributed by atoms with E-state index in [0.717, 1.165) is 16.7 Å². The fraction of sp³-hybridized carbons (Fsp3) is 0.200. The van der Waals surface area contributed by atoms with Crippen LogP contribution in [0.25, 0.3) is 12.2 Å². The van der Waals surface area contributed by atoms with Crippen LogP contribution in [0.4, 0.5) is 0 Å². The highest BCUT2D eigenvalue weighted by atomic mass is 16.4. The fourth-order valence-corrected chi connectivity index (χ4v) is 2.99. The van der Waals surface area contributed by atoms with E-state index in [9.17, 15) is 9.59 Å². The zero-order chi connectivity index (χ0) is 21.0. The number of hydrogen-bond acceptors (Lipinski definition) is 2. The van der Waals surface area contributed by atoms with Crippen molar-refractivity contribution in [2.75, 3.05) is 0 Å². The van der Waals surface area contributed by atoms with E-state index >= 15 is 0 Å². The summed E-state index contributed by atoms with van der Waals surface area (Å²) >= 11 is 0. The number of hydrogen-bond donors (Lipinski definition) is 1. The number of aromatic carboxylic acids is 1. The molecule has 1 aromatic heterocycles. The molecule has 148 valence electrons. The predicted molar refractivity (Wildman–Crippen MR) is 117 cm³/mol. The molecule has 1 heterocycles. The van der Waals surface area contributed by atoms with Crippen LogP contribution < -0.4 is 5.56 Å². The number of nitrogens with zero attached hydrogens (tertiary/aromatic N) is 1. The lowest BCUT2D eigenvalue weighted by Crippen LogP contribution is -2.19. The van der Waals surface area contributed by atoms with Gasteiger partial charge in [-0.15, -0.1) is 0 Å². The number of pyridine rings is 1. The lowest BCUT2D eigenvalue weighted by Gasteiger charge is -2.18. The van der Waals surface area contributed by atoms with Gasteiger partial charge < -0.3 is 9.67 Å². The summed E-state index contributed by atoms with van der Waals surface area (Å²) in [5, 5.41) is 8.96. The Morgan fingerprint density at radius 1 is 0.931 bits per heavy atom. The van der Waals surface area contributed by atoms with Crippen LogP contribution in [-0.2, 0) is 12.0 Å². The molecule has 0 fully saturated rings. The summed E-state index contributed by atoms with van der Waals surface area (Å²) in [5.41, 5.74) is 4.34. The maximum absolute atomic E-state index is 12.4. The number of carboxylic acid groups (broad SMARTS) is 1. The molecule has 0 radical (unpaired) electrons. The van der Waals surface area contributed by atoms with Crippen LogP contribution in [0.3, 0.4) is 0 Å². The zero-order valence-corrected chi connectivity index (χ0v) is 16.9. The van der Waals surface area contributed by atoms with Gasteiger partial charge in [0.25, 0.3) is 5.56 Å². The molecule has 0 aliphatic carbocycles. The summed E-state index contributed by atoms with van der Waals surface area (Å²) in [5.74, 6) is -0.960. The Balaban J connectivity index is 1.71. The molecule has 1 N–H and O–H groups in total. The molecular weight excluding hydrogens is 362 g/mol. The van der Waals surface area contributed by atoms with Gasteiger partial charge in [0.2, 0.25) is 0 Å². The van der Waals surface area contributed by atoms with Crippen LogP contribution in [0.5, 0.6) is 0 Å². The van der Waals surface area contributed by atoms with E-state index in [1.807, 2.05) is 18.2 Å². The highest BCUT2D eigenvalue weighted by molar-refractivity contribution is 5.87. The summed E-state index contributed by atoms with van der Waals surface area (Å²) in [6.07, 6.45) is 5.69. The summed E-state index contributed by atoms with van der Waals surface area (Å²) in [7, 11) is 0. The van der Waals surface area contributed by atoms with Crippen molar-refractivity contribution < 1.29 is 9.90 Å². The molecule has 4 heteroatoms. The standard InChI is InChI=1S/C25H25NO3/c1-25(2,3)22-12-8-18(9-13-22)4-5-19-14-15-26(23(27)16-19)17-20-6-10-21(11-7-20)24(28)29/h4-16H,17H2,1-3H3,(H,28,29)/b5-4+. The van der Waals surface area contributed by atoms with E-state index in [0.29, 0.717) is 6.54 Å².